The lowest BCUT2D eigenvalue weighted by molar-refractivity contribution is 0.0600. The molecule has 1 heterocycles. The monoisotopic (exact) mass is 303 g/mol. The first-order chi connectivity index (χ1) is 8.01. The van der Waals surface area contributed by atoms with Crippen LogP contribution in [-0.2, 0) is 4.74 Å². The zero-order chi connectivity index (χ0) is 13.0. The predicted octanol–water partition coefficient (Wildman–Crippen LogP) is -0.106. The number of amides is 2. The number of hydrogen-bond donors (Lipinski definition) is 3. The predicted molar refractivity (Wildman–Crippen MR) is 62.7 cm³/mol. The zero-order valence-corrected chi connectivity index (χ0v) is 10.4. The number of carbonyl (C=O) groups excluding carboxylic acids is 2. The van der Waals surface area contributed by atoms with Crippen molar-refractivity contribution in [2.24, 2.45) is 11.7 Å². The van der Waals surface area contributed by atoms with Crippen LogP contribution in [0.2, 0.25) is 0 Å². The van der Waals surface area contributed by atoms with Crippen LogP contribution in [0.4, 0.5) is 10.6 Å². The molecule has 92 valence electrons. The molecule has 17 heavy (non-hydrogen) atoms. The van der Waals surface area contributed by atoms with Crippen LogP contribution in [0, 0.1) is 0 Å². The van der Waals surface area contributed by atoms with Gasteiger partial charge in [-0.2, -0.15) is 0 Å². The molecule has 0 spiro atoms. The number of rotatable bonds is 2. The molecule has 0 saturated heterocycles. The number of ether oxygens (including phenoxy) is 1. The molecule has 0 fully saturated rings. The van der Waals surface area contributed by atoms with Crippen molar-refractivity contribution in [2.75, 3.05) is 12.1 Å². The molecule has 0 unspecified atom stereocenters. The van der Waals surface area contributed by atoms with Crippen LogP contribution in [0.25, 0.3) is 0 Å². The molecule has 5 N–H and O–H groups in total. The highest BCUT2D eigenvalue weighted by Gasteiger charge is 2.17. The molecule has 0 bridgehead atoms. The first kappa shape index (κ1) is 13.4. The van der Waals surface area contributed by atoms with Crippen LogP contribution in [-0.4, -0.2) is 24.1 Å². The molecule has 8 nitrogen and oxygen atoms in total. The second-order valence-corrected chi connectivity index (χ2v) is 3.69. The van der Waals surface area contributed by atoms with Crippen molar-refractivity contribution >= 4 is 33.7 Å². The summed E-state index contributed by atoms with van der Waals surface area (Å²) in [4.78, 5) is 26.2. The SMILES string of the molecule is COC(=O)c1cnc(N(N)C(=O)NN)c(Br)c1. The van der Waals surface area contributed by atoms with Gasteiger partial charge < -0.3 is 4.74 Å². The summed E-state index contributed by atoms with van der Waals surface area (Å²) in [6.45, 7) is 0. The van der Waals surface area contributed by atoms with E-state index >= 15 is 0 Å². The number of nitrogens with one attached hydrogen (secondary N) is 1. The first-order valence-electron chi connectivity index (χ1n) is 4.30. The summed E-state index contributed by atoms with van der Waals surface area (Å²) in [6, 6.07) is 0.682. The van der Waals surface area contributed by atoms with E-state index in [2.05, 4.69) is 25.7 Å². The van der Waals surface area contributed by atoms with Crippen molar-refractivity contribution in [2.45, 2.75) is 0 Å². The molecular formula is C8H10BrN5O3. The number of halogens is 1. The largest absolute Gasteiger partial charge is 0.465 e. The van der Waals surface area contributed by atoms with Gasteiger partial charge in [-0.05, 0) is 22.0 Å². The van der Waals surface area contributed by atoms with Crippen LogP contribution < -0.4 is 22.1 Å². The Bertz CT molecular complexity index is 453. The maximum atomic E-state index is 11.2. The third kappa shape index (κ3) is 2.90. The Balaban J connectivity index is 3.05. The Kier molecular flexibility index (Phi) is 4.37. The Morgan fingerprint density at radius 1 is 1.59 bits per heavy atom. The van der Waals surface area contributed by atoms with E-state index in [4.69, 9.17) is 11.7 Å². The third-order valence-electron chi connectivity index (χ3n) is 1.81. The lowest BCUT2D eigenvalue weighted by atomic mass is 10.3. The van der Waals surface area contributed by atoms with Crippen LogP contribution >= 0.6 is 15.9 Å². The van der Waals surface area contributed by atoms with Gasteiger partial charge in [0.05, 0.1) is 17.1 Å². The molecular weight excluding hydrogens is 294 g/mol. The zero-order valence-electron chi connectivity index (χ0n) is 8.81. The van der Waals surface area contributed by atoms with E-state index in [1.54, 1.807) is 0 Å². The molecule has 2 amide bonds. The highest BCUT2D eigenvalue weighted by molar-refractivity contribution is 9.10. The lowest BCUT2D eigenvalue weighted by Gasteiger charge is -2.16. The highest BCUT2D eigenvalue weighted by atomic mass is 79.9. The van der Waals surface area contributed by atoms with E-state index in [1.807, 2.05) is 5.43 Å². The fourth-order valence-electron chi connectivity index (χ4n) is 1.00. The van der Waals surface area contributed by atoms with Crippen LogP contribution in [0.15, 0.2) is 16.7 Å². The van der Waals surface area contributed by atoms with Crippen LogP contribution in [0.1, 0.15) is 10.4 Å². The number of nitrogens with zero attached hydrogens (tertiary/aromatic N) is 2. The second kappa shape index (κ2) is 5.57. The normalized spacial score (nSPS) is 9.65. The second-order valence-electron chi connectivity index (χ2n) is 2.84. The molecule has 0 saturated carbocycles. The Morgan fingerprint density at radius 3 is 2.71 bits per heavy atom. The minimum Gasteiger partial charge on any atom is -0.465 e. The van der Waals surface area contributed by atoms with Crippen LogP contribution in [0.3, 0.4) is 0 Å². The van der Waals surface area contributed by atoms with Gasteiger partial charge in [-0.15, -0.1) is 0 Å². The van der Waals surface area contributed by atoms with Gasteiger partial charge >= 0.3 is 12.0 Å². The number of nitrogens with two attached hydrogens (primary N) is 2. The standard InChI is InChI=1S/C8H10BrN5O3/c1-17-7(15)4-2-5(9)6(12-3-4)14(11)8(16)13-10/h2-3H,10-11H2,1H3,(H,13,16). The summed E-state index contributed by atoms with van der Waals surface area (Å²) in [5.41, 5.74) is 2.08. The molecule has 0 aliphatic rings. The number of pyridine rings is 1. The van der Waals surface area contributed by atoms with E-state index in [0.717, 1.165) is 0 Å². The average molecular weight is 304 g/mol. The minimum atomic E-state index is -0.746. The van der Waals surface area contributed by atoms with Gasteiger partial charge in [-0.3, -0.25) is 5.43 Å². The molecule has 1 aromatic heterocycles. The molecule has 0 aromatic carbocycles. The average Bonchev–Trinajstić information content (AvgIpc) is 2.35. The van der Waals surface area contributed by atoms with Crippen molar-refractivity contribution in [1.29, 1.82) is 0 Å². The number of urea groups is 1. The number of aromatic nitrogens is 1. The van der Waals surface area contributed by atoms with Gasteiger partial charge in [0.2, 0.25) is 0 Å². The molecule has 0 aliphatic heterocycles. The molecule has 0 radical (unpaired) electrons. The minimum absolute atomic E-state index is 0.112. The summed E-state index contributed by atoms with van der Waals surface area (Å²) < 4.78 is 4.87. The summed E-state index contributed by atoms with van der Waals surface area (Å²) in [6.07, 6.45) is 1.23. The molecule has 1 rings (SSSR count). The quantitative estimate of drug-likeness (QED) is 0.303. The van der Waals surface area contributed by atoms with Gasteiger partial charge in [0.15, 0.2) is 5.82 Å². The summed E-state index contributed by atoms with van der Waals surface area (Å²) in [5, 5.41) is 0.700. The summed E-state index contributed by atoms with van der Waals surface area (Å²) >= 11 is 3.13. The van der Waals surface area contributed by atoms with Gasteiger partial charge in [0, 0.05) is 6.20 Å². The molecule has 9 heteroatoms. The topological polar surface area (TPSA) is 124 Å². The maximum absolute atomic E-state index is 11.2. The fourth-order valence-corrected chi connectivity index (χ4v) is 1.54. The number of methoxy groups -OCH3 is 1. The van der Waals surface area contributed by atoms with Crippen molar-refractivity contribution < 1.29 is 14.3 Å². The molecule has 0 atom stereocenters. The van der Waals surface area contributed by atoms with E-state index < -0.39 is 12.0 Å². The number of hydrazine groups is 2. The Labute approximate surface area is 105 Å². The van der Waals surface area contributed by atoms with E-state index in [1.165, 1.54) is 19.4 Å². The Morgan fingerprint density at radius 2 is 2.24 bits per heavy atom. The van der Waals surface area contributed by atoms with Crippen LogP contribution in [0.5, 0.6) is 0 Å². The highest BCUT2D eigenvalue weighted by Crippen LogP contribution is 2.23. The smallest absolute Gasteiger partial charge is 0.351 e. The van der Waals surface area contributed by atoms with E-state index in [0.29, 0.717) is 9.48 Å². The number of hydrogen-bond acceptors (Lipinski definition) is 6. The first-order valence-corrected chi connectivity index (χ1v) is 5.09. The van der Waals surface area contributed by atoms with Crippen molar-refractivity contribution in [3.8, 4) is 0 Å². The van der Waals surface area contributed by atoms with Gasteiger partial charge in [-0.25, -0.2) is 31.3 Å². The van der Waals surface area contributed by atoms with Gasteiger partial charge in [-0.1, -0.05) is 0 Å². The molecule has 0 aliphatic carbocycles. The summed E-state index contributed by atoms with van der Waals surface area (Å²) in [7, 11) is 1.25. The number of esters is 1. The van der Waals surface area contributed by atoms with E-state index in [-0.39, 0.29) is 11.4 Å². The third-order valence-corrected chi connectivity index (χ3v) is 2.40. The summed E-state index contributed by atoms with van der Waals surface area (Å²) in [5.74, 6) is 9.93. The lowest BCUT2D eigenvalue weighted by Crippen LogP contribution is -2.48. The van der Waals surface area contributed by atoms with Crippen molar-refractivity contribution in [3.05, 3.63) is 22.3 Å². The van der Waals surface area contributed by atoms with E-state index in [9.17, 15) is 9.59 Å². The number of anilines is 1. The molecule has 1 aromatic rings. The van der Waals surface area contributed by atoms with Gasteiger partial charge in [0.25, 0.3) is 0 Å². The number of carbonyl (C=O) groups is 2. The van der Waals surface area contributed by atoms with Gasteiger partial charge in [0.1, 0.15) is 0 Å². The van der Waals surface area contributed by atoms with Crippen molar-refractivity contribution in [1.82, 2.24) is 10.4 Å². The van der Waals surface area contributed by atoms with Crippen molar-refractivity contribution in [3.63, 3.8) is 0 Å². The fraction of sp³-hybridized carbons (Fsp3) is 0.125. The maximum Gasteiger partial charge on any atom is 0.351 e. The Hall–Kier alpha value is -1.71.